The maximum atomic E-state index is 8.40. The highest BCUT2D eigenvalue weighted by atomic mass is 16.2. The first-order valence-corrected chi connectivity index (χ1v) is 3.30. The molecule has 0 unspecified atom stereocenters. The second-order valence-corrected chi connectivity index (χ2v) is 1.85. The molecule has 0 spiro atoms. The molecule has 11 heavy (non-hydrogen) atoms. The third-order valence-corrected chi connectivity index (χ3v) is 1.00. The Hall–Kier alpha value is -1.40. The van der Waals surface area contributed by atoms with E-state index in [-0.39, 0.29) is 6.61 Å². The zero-order valence-electron chi connectivity index (χ0n) is 5.99. The molecule has 3 heteroatoms. The van der Waals surface area contributed by atoms with Gasteiger partial charge < -0.3 is 5.11 Å². The van der Waals surface area contributed by atoms with Crippen molar-refractivity contribution in [2.75, 3.05) is 6.61 Å². The summed E-state index contributed by atoms with van der Waals surface area (Å²) in [6, 6.07) is 1.73. The normalized spacial score (nSPS) is 8.45. The summed E-state index contributed by atoms with van der Waals surface area (Å²) in [5.74, 6) is 5.94. The lowest BCUT2D eigenvalue weighted by molar-refractivity contribution is 0.305. The topological polar surface area (TPSA) is 46.0 Å². The van der Waals surface area contributed by atoms with E-state index < -0.39 is 0 Å². The van der Waals surface area contributed by atoms with Crippen LogP contribution >= 0.6 is 0 Å². The van der Waals surface area contributed by atoms with Crippen LogP contribution < -0.4 is 0 Å². The van der Waals surface area contributed by atoms with Gasteiger partial charge in [0.1, 0.15) is 0 Å². The van der Waals surface area contributed by atoms with E-state index in [1.54, 1.807) is 18.5 Å². The van der Waals surface area contributed by atoms with Crippen LogP contribution in [0.25, 0.3) is 0 Å². The molecular weight excluding hydrogens is 140 g/mol. The Labute approximate surface area is 65.1 Å². The van der Waals surface area contributed by atoms with Gasteiger partial charge in [-0.2, -0.15) is 0 Å². The van der Waals surface area contributed by atoms with Crippen LogP contribution in [-0.4, -0.2) is 21.7 Å². The second-order valence-electron chi connectivity index (χ2n) is 1.85. The van der Waals surface area contributed by atoms with Crippen LogP contribution in [0.3, 0.4) is 0 Å². The first-order chi connectivity index (χ1) is 5.43. The van der Waals surface area contributed by atoms with E-state index in [2.05, 4.69) is 21.8 Å². The SMILES string of the molecule is OCCC#Cc1ncccn1. The molecule has 0 radical (unpaired) electrons. The van der Waals surface area contributed by atoms with Crippen molar-refractivity contribution >= 4 is 0 Å². The van der Waals surface area contributed by atoms with Crippen molar-refractivity contribution in [3.8, 4) is 11.8 Å². The van der Waals surface area contributed by atoms with E-state index in [1.165, 1.54) is 0 Å². The minimum atomic E-state index is 0.0832. The lowest BCUT2D eigenvalue weighted by atomic mass is 10.4. The van der Waals surface area contributed by atoms with E-state index >= 15 is 0 Å². The van der Waals surface area contributed by atoms with Crippen molar-refractivity contribution < 1.29 is 5.11 Å². The van der Waals surface area contributed by atoms with Crippen molar-refractivity contribution in [1.82, 2.24) is 9.97 Å². The average Bonchev–Trinajstić information content (AvgIpc) is 2.07. The second kappa shape index (κ2) is 4.42. The van der Waals surface area contributed by atoms with Gasteiger partial charge in [-0.05, 0) is 12.0 Å². The highest BCUT2D eigenvalue weighted by molar-refractivity contribution is 5.19. The molecular formula is C8H8N2O. The molecule has 1 heterocycles. The zero-order valence-corrected chi connectivity index (χ0v) is 5.99. The van der Waals surface area contributed by atoms with Gasteiger partial charge in [0.05, 0.1) is 6.61 Å². The maximum Gasteiger partial charge on any atom is 0.204 e. The number of aliphatic hydroxyl groups excluding tert-OH is 1. The molecule has 0 aromatic carbocycles. The molecule has 3 nitrogen and oxygen atoms in total. The molecule has 1 aromatic heterocycles. The quantitative estimate of drug-likeness (QED) is 0.579. The fraction of sp³-hybridized carbons (Fsp3) is 0.250. The lowest BCUT2D eigenvalue weighted by Crippen LogP contribution is -1.85. The molecule has 0 atom stereocenters. The molecule has 0 aliphatic heterocycles. The van der Waals surface area contributed by atoms with Crippen molar-refractivity contribution in [2.45, 2.75) is 6.42 Å². The molecule has 0 amide bonds. The van der Waals surface area contributed by atoms with Gasteiger partial charge in [-0.3, -0.25) is 0 Å². The fourth-order valence-electron chi connectivity index (χ4n) is 0.561. The summed E-state index contributed by atoms with van der Waals surface area (Å²) in [7, 11) is 0. The average molecular weight is 148 g/mol. The van der Waals surface area contributed by atoms with Crippen LogP contribution in [0.2, 0.25) is 0 Å². The first-order valence-electron chi connectivity index (χ1n) is 3.30. The number of hydrogen-bond donors (Lipinski definition) is 1. The minimum absolute atomic E-state index is 0.0832. The van der Waals surface area contributed by atoms with E-state index in [4.69, 9.17) is 5.11 Å². The Morgan fingerprint density at radius 1 is 1.36 bits per heavy atom. The van der Waals surface area contributed by atoms with Crippen molar-refractivity contribution in [3.05, 3.63) is 24.3 Å². The summed E-state index contributed by atoms with van der Waals surface area (Å²) in [4.78, 5) is 7.77. The Kier molecular flexibility index (Phi) is 3.10. The van der Waals surface area contributed by atoms with Crippen LogP contribution in [0.4, 0.5) is 0 Å². The lowest BCUT2D eigenvalue weighted by Gasteiger charge is -1.83. The Balaban J connectivity index is 2.59. The van der Waals surface area contributed by atoms with Gasteiger partial charge in [-0.1, -0.05) is 5.92 Å². The highest BCUT2D eigenvalue weighted by Crippen LogP contribution is 1.82. The number of aromatic nitrogens is 2. The number of rotatable bonds is 1. The van der Waals surface area contributed by atoms with Crippen molar-refractivity contribution in [3.63, 3.8) is 0 Å². The predicted octanol–water partition coefficient (Wildman–Crippen LogP) is 0.210. The summed E-state index contributed by atoms with van der Waals surface area (Å²) in [6.45, 7) is 0.0832. The molecule has 0 aliphatic rings. The Morgan fingerprint density at radius 3 is 2.73 bits per heavy atom. The molecule has 0 fully saturated rings. The highest BCUT2D eigenvalue weighted by Gasteiger charge is 1.82. The smallest absolute Gasteiger partial charge is 0.204 e. The number of nitrogens with zero attached hydrogens (tertiary/aromatic N) is 2. The summed E-state index contributed by atoms with van der Waals surface area (Å²) < 4.78 is 0. The molecule has 56 valence electrons. The van der Waals surface area contributed by atoms with Crippen LogP contribution in [0.15, 0.2) is 18.5 Å². The largest absolute Gasteiger partial charge is 0.395 e. The Morgan fingerprint density at radius 2 is 2.09 bits per heavy atom. The fourth-order valence-corrected chi connectivity index (χ4v) is 0.561. The van der Waals surface area contributed by atoms with E-state index in [1.807, 2.05) is 0 Å². The van der Waals surface area contributed by atoms with Gasteiger partial charge in [0.2, 0.25) is 5.82 Å². The van der Waals surface area contributed by atoms with E-state index in [9.17, 15) is 0 Å². The van der Waals surface area contributed by atoms with Crippen molar-refractivity contribution in [2.24, 2.45) is 0 Å². The molecule has 0 aliphatic carbocycles. The van der Waals surface area contributed by atoms with Crippen LogP contribution in [0.1, 0.15) is 12.2 Å². The molecule has 0 saturated heterocycles. The standard InChI is InChI=1S/C8H8N2O/c11-7-2-1-4-8-9-5-3-6-10-8/h3,5-6,11H,2,7H2. The molecule has 1 aromatic rings. The third kappa shape index (κ3) is 2.78. The van der Waals surface area contributed by atoms with Crippen LogP contribution in [-0.2, 0) is 0 Å². The zero-order chi connectivity index (χ0) is 7.94. The first kappa shape index (κ1) is 7.70. The van der Waals surface area contributed by atoms with Gasteiger partial charge in [-0.25, -0.2) is 9.97 Å². The molecule has 1 N–H and O–H groups in total. The number of hydrogen-bond acceptors (Lipinski definition) is 3. The van der Waals surface area contributed by atoms with Gasteiger partial charge >= 0.3 is 0 Å². The predicted molar refractivity (Wildman–Crippen MR) is 40.6 cm³/mol. The summed E-state index contributed by atoms with van der Waals surface area (Å²) in [6.07, 6.45) is 3.74. The van der Waals surface area contributed by atoms with Gasteiger partial charge in [-0.15, -0.1) is 0 Å². The van der Waals surface area contributed by atoms with E-state index in [0.29, 0.717) is 12.2 Å². The summed E-state index contributed by atoms with van der Waals surface area (Å²) >= 11 is 0. The molecule has 0 bridgehead atoms. The van der Waals surface area contributed by atoms with Gasteiger partial charge in [0.25, 0.3) is 0 Å². The third-order valence-electron chi connectivity index (χ3n) is 1.00. The summed E-state index contributed by atoms with van der Waals surface area (Å²) in [5, 5.41) is 8.40. The van der Waals surface area contributed by atoms with Gasteiger partial charge in [0.15, 0.2) is 0 Å². The monoisotopic (exact) mass is 148 g/mol. The van der Waals surface area contributed by atoms with Crippen molar-refractivity contribution in [1.29, 1.82) is 0 Å². The van der Waals surface area contributed by atoms with Gasteiger partial charge in [0, 0.05) is 18.8 Å². The van der Waals surface area contributed by atoms with Crippen LogP contribution in [0, 0.1) is 11.8 Å². The minimum Gasteiger partial charge on any atom is -0.395 e. The Bertz CT molecular complexity index is 260. The van der Waals surface area contributed by atoms with E-state index in [0.717, 1.165) is 0 Å². The maximum absolute atomic E-state index is 8.40. The molecule has 1 rings (SSSR count). The molecule has 0 saturated carbocycles. The summed E-state index contributed by atoms with van der Waals surface area (Å²) in [5.41, 5.74) is 0. The van der Waals surface area contributed by atoms with Crippen LogP contribution in [0.5, 0.6) is 0 Å². The number of aliphatic hydroxyl groups is 1.